The maximum atomic E-state index is 11.0. The van der Waals surface area contributed by atoms with Gasteiger partial charge in [0.2, 0.25) is 0 Å². The van der Waals surface area contributed by atoms with Crippen molar-refractivity contribution < 1.29 is 48.6 Å². The highest BCUT2D eigenvalue weighted by atomic mass is 19.4. The molecule has 0 heterocycles. The lowest BCUT2D eigenvalue weighted by atomic mass is 10.6. The predicted molar refractivity (Wildman–Crippen MR) is 29.5 cm³/mol. The zero-order chi connectivity index (χ0) is 13.5. The third-order valence-electron chi connectivity index (χ3n) is 0.621. The number of rotatable bonds is 2. The van der Waals surface area contributed by atoms with Crippen molar-refractivity contribution in [2.45, 2.75) is 19.4 Å². The van der Waals surface area contributed by atoms with Gasteiger partial charge in [0.1, 0.15) is 0 Å². The molecule has 0 aromatic carbocycles. The molecule has 0 spiro atoms. The molecule has 0 unspecified atom stereocenters. The molecule has 0 atom stereocenters. The van der Waals surface area contributed by atoms with Crippen LogP contribution < -0.4 is 0 Å². The second-order valence-corrected chi connectivity index (χ2v) is 1.73. The Balaban J connectivity index is 0. The van der Waals surface area contributed by atoms with Gasteiger partial charge in [0, 0.05) is 0 Å². The van der Waals surface area contributed by atoms with E-state index >= 15 is 0 Å². The number of ether oxygens (including phenoxy) is 1. The van der Waals surface area contributed by atoms with Crippen molar-refractivity contribution >= 4 is 0 Å². The predicted octanol–water partition coefficient (Wildman–Crippen LogP) is 4.07. The second kappa shape index (κ2) is 7.30. The monoisotopic (exact) mass is 268 g/mol. The Bertz CT molecular complexity index is 208. The molecule has 0 aliphatic rings. The molecule has 0 fully saturated rings. The SMILES string of the molecule is FC(F)=C(F)C(F)(F)F.FC(F)OC(F)F. The average Bonchev–Trinajstić information content (AvgIpc) is 1.99. The normalized spacial score (nSPS) is 11.2. The maximum Gasteiger partial charge on any atom is 0.448 e. The van der Waals surface area contributed by atoms with Gasteiger partial charge in [-0.3, -0.25) is 4.74 Å². The molecule has 0 bridgehead atoms. The smallest absolute Gasteiger partial charge is 0.260 e. The zero-order valence-corrected chi connectivity index (χ0v) is 6.84. The molecule has 0 rings (SSSR count). The van der Waals surface area contributed by atoms with E-state index in [9.17, 15) is 43.9 Å². The van der Waals surface area contributed by atoms with E-state index in [4.69, 9.17) is 0 Å². The largest absolute Gasteiger partial charge is 0.448 e. The Morgan fingerprint density at radius 3 is 1.12 bits per heavy atom. The van der Waals surface area contributed by atoms with E-state index in [2.05, 4.69) is 4.74 Å². The molecule has 1 nitrogen and oxygen atoms in total. The highest BCUT2D eigenvalue weighted by Crippen LogP contribution is 2.29. The lowest BCUT2D eigenvalue weighted by molar-refractivity contribution is -0.245. The van der Waals surface area contributed by atoms with Gasteiger partial charge in [-0.15, -0.1) is 0 Å². The molecule has 0 saturated heterocycles. The first-order valence-corrected chi connectivity index (χ1v) is 2.98. The summed E-state index contributed by atoms with van der Waals surface area (Å²) in [6, 6.07) is 0. The molecular weight excluding hydrogens is 266 g/mol. The summed E-state index contributed by atoms with van der Waals surface area (Å²) in [7, 11) is 0. The highest BCUT2D eigenvalue weighted by molar-refractivity contribution is 4.98. The average molecular weight is 268 g/mol. The summed E-state index contributed by atoms with van der Waals surface area (Å²) in [5.74, 6) is -3.33. The first-order valence-electron chi connectivity index (χ1n) is 2.98. The van der Waals surface area contributed by atoms with Crippen LogP contribution in [0.2, 0.25) is 0 Å². The number of alkyl halides is 7. The van der Waals surface area contributed by atoms with Crippen LogP contribution in [0.1, 0.15) is 0 Å². The van der Waals surface area contributed by atoms with Crippen LogP contribution in [0, 0.1) is 0 Å². The third kappa shape index (κ3) is 11.1. The second-order valence-electron chi connectivity index (χ2n) is 1.73. The number of hydrogen-bond donors (Lipinski definition) is 0. The summed E-state index contributed by atoms with van der Waals surface area (Å²) in [5, 5.41) is 0. The van der Waals surface area contributed by atoms with Gasteiger partial charge in [-0.1, -0.05) is 0 Å². The van der Waals surface area contributed by atoms with Crippen LogP contribution in [-0.4, -0.2) is 19.4 Å². The quantitative estimate of drug-likeness (QED) is 0.686. The third-order valence-corrected chi connectivity index (χ3v) is 0.621. The van der Waals surface area contributed by atoms with Crippen molar-refractivity contribution in [2.75, 3.05) is 0 Å². The van der Waals surface area contributed by atoms with Crippen LogP contribution in [-0.2, 0) is 4.74 Å². The van der Waals surface area contributed by atoms with Gasteiger partial charge in [0.25, 0.3) is 5.83 Å². The molecular formula is C5H2F10O. The summed E-state index contributed by atoms with van der Waals surface area (Å²) >= 11 is 0. The van der Waals surface area contributed by atoms with Gasteiger partial charge < -0.3 is 0 Å². The van der Waals surface area contributed by atoms with Gasteiger partial charge in [-0.05, 0) is 0 Å². The van der Waals surface area contributed by atoms with Crippen molar-refractivity contribution in [3.8, 4) is 0 Å². The van der Waals surface area contributed by atoms with Gasteiger partial charge in [-0.25, -0.2) is 0 Å². The Hall–Kier alpha value is -1.00. The summed E-state index contributed by atoms with van der Waals surface area (Å²) in [6.45, 7) is -6.75. The van der Waals surface area contributed by atoms with E-state index in [1.807, 2.05) is 0 Å². The van der Waals surface area contributed by atoms with Crippen molar-refractivity contribution in [1.29, 1.82) is 0 Å². The first-order chi connectivity index (χ1) is 6.98. The summed E-state index contributed by atoms with van der Waals surface area (Å²) in [4.78, 5) is 0. The number of halogens is 10. The highest BCUT2D eigenvalue weighted by Gasteiger charge is 2.38. The van der Waals surface area contributed by atoms with Crippen molar-refractivity contribution in [3.05, 3.63) is 11.9 Å². The summed E-state index contributed by atoms with van der Waals surface area (Å²) < 4.78 is 110. The van der Waals surface area contributed by atoms with Gasteiger partial charge in [0.05, 0.1) is 0 Å². The number of allylic oxidation sites excluding steroid dienone is 1. The Kier molecular flexibility index (Phi) is 7.94. The Labute approximate surface area is 81.3 Å². The Morgan fingerprint density at radius 1 is 0.812 bits per heavy atom. The summed E-state index contributed by atoms with van der Waals surface area (Å²) in [5.41, 5.74) is 0. The van der Waals surface area contributed by atoms with Crippen LogP contribution in [0.5, 0.6) is 0 Å². The standard InChI is InChI=1S/C3F6.C2H2F4O/c4-1(2(5)6)3(7,8)9;3-1(4)7-2(5)6/h;1-2H. The summed E-state index contributed by atoms with van der Waals surface area (Å²) in [6.07, 6.45) is -8.90. The lowest BCUT2D eigenvalue weighted by Crippen LogP contribution is -2.08. The van der Waals surface area contributed by atoms with E-state index in [-0.39, 0.29) is 0 Å². The minimum absolute atomic E-state index is 2.58. The van der Waals surface area contributed by atoms with Gasteiger partial charge in [-0.2, -0.15) is 43.9 Å². The van der Waals surface area contributed by atoms with Crippen molar-refractivity contribution in [1.82, 2.24) is 0 Å². The fraction of sp³-hybridized carbons (Fsp3) is 0.600. The van der Waals surface area contributed by atoms with Gasteiger partial charge in [0.15, 0.2) is 0 Å². The minimum atomic E-state index is -5.56. The van der Waals surface area contributed by atoms with Crippen LogP contribution in [0.25, 0.3) is 0 Å². The van der Waals surface area contributed by atoms with E-state index in [1.165, 1.54) is 0 Å². The molecule has 0 radical (unpaired) electrons. The van der Waals surface area contributed by atoms with Crippen LogP contribution in [0.15, 0.2) is 11.9 Å². The number of hydrogen-bond acceptors (Lipinski definition) is 1. The zero-order valence-electron chi connectivity index (χ0n) is 6.84. The van der Waals surface area contributed by atoms with E-state index in [0.717, 1.165) is 0 Å². The van der Waals surface area contributed by atoms with Crippen LogP contribution in [0.3, 0.4) is 0 Å². The minimum Gasteiger partial charge on any atom is -0.260 e. The molecule has 16 heavy (non-hydrogen) atoms. The van der Waals surface area contributed by atoms with Gasteiger partial charge >= 0.3 is 25.5 Å². The molecule has 0 aromatic rings. The molecule has 0 saturated carbocycles. The Morgan fingerprint density at radius 2 is 1.12 bits per heavy atom. The fourth-order valence-electron chi connectivity index (χ4n) is 0.185. The van der Waals surface area contributed by atoms with Crippen molar-refractivity contribution in [2.24, 2.45) is 0 Å². The molecule has 0 aromatic heterocycles. The molecule has 0 aliphatic heterocycles. The van der Waals surface area contributed by atoms with Crippen LogP contribution in [0.4, 0.5) is 43.9 Å². The van der Waals surface area contributed by atoms with Crippen molar-refractivity contribution in [3.63, 3.8) is 0 Å². The maximum absolute atomic E-state index is 11.0. The molecule has 98 valence electrons. The lowest BCUT2D eigenvalue weighted by Gasteiger charge is -1.98. The van der Waals surface area contributed by atoms with E-state index in [0.29, 0.717) is 0 Å². The first kappa shape index (κ1) is 17.4. The van der Waals surface area contributed by atoms with E-state index < -0.39 is 31.3 Å². The molecule has 0 amide bonds. The fourth-order valence-corrected chi connectivity index (χ4v) is 0.185. The molecule has 0 aliphatic carbocycles. The van der Waals surface area contributed by atoms with E-state index in [1.54, 1.807) is 0 Å². The molecule has 11 heteroatoms. The topological polar surface area (TPSA) is 9.23 Å². The molecule has 0 N–H and O–H groups in total. The van der Waals surface area contributed by atoms with Crippen LogP contribution >= 0.6 is 0 Å².